The average molecular weight is 500 g/mol. The number of aromatic nitrogens is 4. The molecule has 4 aromatic rings. The number of aromatic hydroxyl groups is 1. The van der Waals surface area contributed by atoms with Crippen molar-refractivity contribution >= 4 is 5.97 Å². The summed E-state index contributed by atoms with van der Waals surface area (Å²) in [7, 11) is 1.27. The molecule has 0 saturated carbocycles. The second-order valence-electron chi connectivity index (χ2n) is 8.34. The summed E-state index contributed by atoms with van der Waals surface area (Å²) >= 11 is 0. The summed E-state index contributed by atoms with van der Waals surface area (Å²) in [5.74, 6) is -0.902. The predicted octanol–water partition coefficient (Wildman–Crippen LogP) is 3.58. The van der Waals surface area contributed by atoms with Crippen LogP contribution in [-0.2, 0) is 22.5 Å². The van der Waals surface area contributed by atoms with Gasteiger partial charge in [0.05, 0.1) is 25.4 Å². The number of benzene rings is 1. The number of nitriles is 1. The van der Waals surface area contributed by atoms with Gasteiger partial charge >= 0.3 is 5.97 Å². The number of pyridine rings is 2. The van der Waals surface area contributed by atoms with Gasteiger partial charge in [-0.25, -0.2) is 9.97 Å². The zero-order chi connectivity index (χ0) is 26.4. The predicted molar refractivity (Wildman–Crippen MR) is 133 cm³/mol. The van der Waals surface area contributed by atoms with Gasteiger partial charge in [-0.05, 0) is 42.8 Å². The zero-order valence-electron chi connectivity index (χ0n) is 20.3. The number of nitrogens with one attached hydrogen (secondary N) is 1. The van der Waals surface area contributed by atoms with Crippen molar-refractivity contribution in [1.82, 2.24) is 19.5 Å². The smallest absolute Gasteiger partial charge is 0.306 e. The molecular weight excluding hydrogens is 474 g/mol. The minimum absolute atomic E-state index is 0.103. The molecule has 1 unspecified atom stereocenters. The first kappa shape index (κ1) is 25.2. The summed E-state index contributed by atoms with van der Waals surface area (Å²) in [4.78, 5) is 37.0. The Morgan fingerprint density at radius 3 is 2.73 bits per heavy atom. The van der Waals surface area contributed by atoms with Crippen molar-refractivity contribution < 1.29 is 19.4 Å². The number of nitrogens with zero attached hydrogens (tertiary/aromatic N) is 4. The molecular formula is C27H25N5O5. The highest BCUT2D eigenvalue weighted by atomic mass is 16.5. The van der Waals surface area contributed by atoms with Crippen LogP contribution in [0.4, 0.5) is 0 Å². The number of ether oxygens (including phenoxy) is 2. The monoisotopic (exact) mass is 499 g/mol. The molecule has 0 fully saturated rings. The molecule has 188 valence electrons. The van der Waals surface area contributed by atoms with Crippen molar-refractivity contribution in [1.29, 1.82) is 5.26 Å². The van der Waals surface area contributed by atoms with Gasteiger partial charge in [0.2, 0.25) is 5.88 Å². The maximum Gasteiger partial charge on any atom is 0.306 e. The standard InChI is InChI=1S/C27H25N5O5/c1-17-12-23(33)25(27(35)32(17)11-9-20-15-29-16-31-20)22(13-24(34)36-2)18-5-7-21(8-6-18)37-26-19(14-28)4-3-10-30-26/h3-8,10,12,15-16,22,33H,9,11,13H2,1-2H3,(H,29,31). The summed E-state index contributed by atoms with van der Waals surface area (Å²) in [5, 5.41) is 20.1. The van der Waals surface area contributed by atoms with Crippen molar-refractivity contribution in [3.63, 3.8) is 0 Å². The lowest BCUT2D eigenvalue weighted by Crippen LogP contribution is -2.29. The molecule has 3 heterocycles. The lowest BCUT2D eigenvalue weighted by atomic mass is 9.88. The number of rotatable bonds is 9. The largest absolute Gasteiger partial charge is 0.507 e. The van der Waals surface area contributed by atoms with Crippen LogP contribution in [0.25, 0.3) is 0 Å². The molecule has 2 N–H and O–H groups in total. The van der Waals surface area contributed by atoms with E-state index < -0.39 is 17.4 Å². The van der Waals surface area contributed by atoms with Gasteiger partial charge in [-0.2, -0.15) is 5.26 Å². The molecule has 1 atom stereocenters. The third kappa shape index (κ3) is 5.67. The summed E-state index contributed by atoms with van der Waals surface area (Å²) in [6.07, 6.45) is 5.17. The van der Waals surface area contributed by atoms with Crippen molar-refractivity contribution in [2.24, 2.45) is 0 Å². The van der Waals surface area contributed by atoms with E-state index in [4.69, 9.17) is 9.47 Å². The first-order valence-electron chi connectivity index (χ1n) is 11.5. The Bertz CT molecular complexity index is 1490. The Kier molecular flexibility index (Phi) is 7.64. The first-order valence-corrected chi connectivity index (χ1v) is 11.5. The van der Waals surface area contributed by atoms with E-state index in [1.165, 1.54) is 19.4 Å². The van der Waals surface area contributed by atoms with Crippen molar-refractivity contribution in [3.8, 4) is 23.4 Å². The summed E-state index contributed by atoms with van der Waals surface area (Å²) < 4.78 is 12.2. The Balaban J connectivity index is 1.69. The number of esters is 1. The summed E-state index contributed by atoms with van der Waals surface area (Å²) in [5.41, 5.74) is 2.07. The van der Waals surface area contributed by atoms with Crippen LogP contribution in [0.5, 0.6) is 17.4 Å². The van der Waals surface area contributed by atoms with E-state index in [0.29, 0.717) is 30.0 Å². The van der Waals surface area contributed by atoms with E-state index in [2.05, 4.69) is 15.0 Å². The van der Waals surface area contributed by atoms with E-state index in [9.17, 15) is 20.0 Å². The number of aromatic amines is 1. The van der Waals surface area contributed by atoms with E-state index in [1.807, 2.05) is 6.07 Å². The molecule has 4 rings (SSSR count). The van der Waals surface area contributed by atoms with Gasteiger partial charge in [0, 0.05) is 42.7 Å². The van der Waals surface area contributed by atoms with Gasteiger partial charge in [-0.1, -0.05) is 12.1 Å². The third-order valence-corrected chi connectivity index (χ3v) is 6.02. The number of hydrogen-bond acceptors (Lipinski definition) is 8. The third-order valence-electron chi connectivity index (χ3n) is 6.02. The number of carbonyl (C=O) groups excluding carboxylic acids is 1. The van der Waals surface area contributed by atoms with Gasteiger partial charge in [0.15, 0.2) is 0 Å². The summed E-state index contributed by atoms with van der Waals surface area (Å²) in [6.45, 7) is 2.11. The molecule has 0 aliphatic carbocycles. The van der Waals surface area contributed by atoms with Crippen molar-refractivity contribution in [2.75, 3.05) is 7.11 Å². The van der Waals surface area contributed by atoms with Crippen LogP contribution in [0.3, 0.4) is 0 Å². The molecule has 10 nitrogen and oxygen atoms in total. The number of imidazole rings is 1. The molecule has 1 aromatic carbocycles. The minimum Gasteiger partial charge on any atom is -0.507 e. The number of hydrogen-bond donors (Lipinski definition) is 2. The highest BCUT2D eigenvalue weighted by Crippen LogP contribution is 2.34. The molecule has 0 spiro atoms. The molecule has 0 radical (unpaired) electrons. The Labute approximate surface area is 212 Å². The van der Waals surface area contributed by atoms with Crippen LogP contribution in [0.15, 0.2) is 66.0 Å². The van der Waals surface area contributed by atoms with E-state index in [1.54, 1.807) is 60.4 Å². The van der Waals surface area contributed by atoms with Gasteiger partial charge in [0.25, 0.3) is 5.56 Å². The second-order valence-corrected chi connectivity index (χ2v) is 8.34. The summed E-state index contributed by atoms with van der Waals surface area (Å²) in [6, 6.07) is 13.5. The zero-order valence-corrected chi connectivity index (χ0v) is 20.3. The first-order chi connectivity index (χ1) is 17.9. The highest BCUT2D eigenvalue weighted by Gasteiger charge is 2.26. The average Bonchev–Trinajstić information content (AvgIpc) is 3.42. The second kappa shape index (κ2) is 11.2. The number of carbonyl (C=O) groups is 1. The number of aryl methyl sites for hydroxylation is 2. The quantitative estimate of drug-likeness (QED) is 0.333. The fraction of sp³-hybridized carbons (Fsp3) is 0.222. The molecule has 3 aromatic heterocycles. The minimum atomic E-state index is -0.766. The van der Waals surface area contributed by atoms with Crippen LogP contribution in [0.2, 0.25) is 0 Å². The van der Waals surface area contributed by atoms with E-state index in [0.717, 1.165) is 5.69 Å². The molecule has 0 aliphatic rings. The van der Waals surface area contributed by atoms with Crippen LogP contribution < -0.4 is 10.3 Å². The van der Waals surface area contributed by atoms with E-state index in [-0.39, 0.29) is 29.2 Å². The fourth-order valence-corrected chi connectivity index (χ4v) is 4.10. The normalized spacial score (nSPS) is 11.5. The molecule has 0 aliphatic heterocycles. The Hall–Kier alpha value is -4.91. The van der Waals surface area contributed by atoms with E-state index >= 15 is 0 Å². The van der Waals surface area contributed by atoms with Crippen molar-refractivity contribution in [2.45, 2.75) is 32.2 Å². The SMILES string of the molecule is COC(=O)CC(c1ccc(Oc2ncccc2C#N)cc1)c1c(O)cc(C)n(CCc2cnc[nH]2)c1=O. The van der Waals surface area contributed by atoms with Crippen molar-refractivity contribution in [3.05, 3.63) is 99.6 Å². The fourth-order valence-electron chi connectivity index (χ4n) is 4.10. The highest BCUT2D eigenvalue weighted by molar-refractivity contribution is 5.71. The maximum absolute atomic E-state index is 13.6. The van der Waals surface area contributed by atoms with Crippen LogP contribution in [0, 0.1) is 18.3 Å². The maximum atomic E-state index is 13.6. The van der Waals surface area contributed by atoms with Crippen LogP contribution in [0.1, 0.15) is 40.4 Å². The van der Waals surface area contributed by atoms with Gasteiger partial charge in [0.1, 0.15) is 23.1 Å². The molecule has 0 bridgehead atoms. The topological polar surface area (TPSA) is 143 Å². The lowest BCUT2D eigenvalue weighted by Gasteiger charge is -2.20. The van der Waals surface area contributed by atoms with Gasteiger partial charge in [-0.3, -0.25) is 9.59 Å². The molecule has 10 heteroatoms. The van der Waals surface area contributed by atoms with Gasteiger partial charge < -0.3 is 24.1 Å². The Morgan fingerprint density at radius 2 is 2.05 bits per heavy atom. The lowest BCUT2D eigenvalue weighted by molar-refractivity contribution is -0.140. The van der Waals surface area contributed by atoms with Crippen LogP contribution in [-0.4, -0.2) is 37.7 Å². The molecule has 0 saturated heterocycles. The van der Waals surface area contributed by atoms with Crippen LogP contribution >= 0.6 is 0 Å². The molecule has 0 amide bonds. The number of H-pyrrole nitrogens is 1. The Morgan fingerprint density at radius 1 is 1.27 bits per heavy atom. The number of methoxy groups -OCH3 is 1. The van der Waals surface area contributed by atoms with Gasteiger partial charge in [-0.15, -0.1) is 0 Å². The molecule has 37 heavy (non-hydrogen) atoms.